The van der Waals surface area contributed by atoms with Gasteiger partial charge in [0, 0.05) is 17.2 Å². The monoisotopic (exact) mass is 515 g/mol. The van der Waals surface area contributed by atoms with E-state index in [9.17, 15) is 9.90 Å². The van der Waals surface area contributed by atoms with Gasteiger partial charge in [0.15, 0.2) is 6.54 Å². The number of thiophene rings is 1. The van der Waals surface area contributed by atoms with Crippen LogP contribution in [-0.2, 0) is 26.6 Å². The number of nitrogens with one attached hydrogen (secondary N) is 1. The van der Waals surface area contributed by atoms with Crippen LogP contribution in [0.15, 0.2) is 88.5 Å². The van der Waals surface area contributed by atoms with E-state index in [1.807, 2.05) is 52.4 Å². The minimum Gasteiger partial charge on any atom is -0.459 e. The van der Waals surface area contributed by atoms with Crippen molar-refractivity contribution in [1.82, 2.24) is 4.72 Å². The van der Waals surface area contributed by atoms with Gasteiger partial charge in [0.1, 0.15) is 0 Å². The number of aliphatic hydroxyl groups is 1. The third-order valence-electron chi connectivity index (χ3n) is 6.25. The first kappa shape index (κ1) is 23.0. The predicted molar refractivity (Wildman–Crippen MR) is 143 cm³/mol. The third kappa shape index (κ3) is 4.12. The van der Waals surface area contributed by atoms with Gasteiger partial charge in [0.2, 0.25) is 5.69 Å². The molecular formula is C28H23N2O4S2+. The summed E-state index contributed by atoms with van der Waals surface area (Å²) >= 11 is 2.86. The molecular weight excluding hydrogens is 492 g/mol. The zero-order chi connectivity index (χ0) is 24.5. The van der Waals surface area contributed by atoms with Crippen molar-refractivity contribution in [2.24, 2.45) is 0 Å². The largest absolute Gasteiger partial charge is 0.459 e. The van der Waals surface area contributed by atoms with Crippen molar-refractivity contribution in [3.8, 4) is 0 Å². The molecule has 2 aliphatic heterocycles. The summed E-state index contributed by atoms with van der Waals surface area (Å²) in [4.78, 5) is 12.5. The van der Waals surface area contributed by atoms with Crippen molar-refractivity contribution in [3.05, 3.63) is 101 Å². The van der Waals surface area contributed by atoms with Gasteiger partial charge >= 0.3 is 11.7 Å². The van der Waals surface area contributed by atoms with Gasteiger partial charge in [-0.05, 0) is 58.4 Å². The molecule has 2 aliphatic rings. The van der Waals surface area contributed by atoms with E-state index in [1.165, 1.54) is 18.0 Å². The first-order chi connectivity index (χ1) is 17.6. The van der Waals surface area contributed by atoms with E-state index in [0.717, 1.165) is 37.4 Å². The van der Waals surface area contributed by atoms with Crippen LogP contribution >= 0.6 is 23.3 Å². The normalized spacial score (nSPS) is 16.3. The molecule has 1 fully saturated rings. The molecule has 0 unspecified atom stereocenters. The minimum absolute atomic E-state index is 0.00158. The van der Waals surface area contributed by atoms with Gasteiger partial charge in [-0.3, -0.25) is 9.52 Å². The SMILES string of the molecule is O=C(/C=C/c1cccc2c1[N+](Cc1ccc3ccccc3c1)=C(O)C21OCCO1)NSc1cccs1. The van der Waals surface area contributed by atoms with Gasteiger partial charge in [-0.25, -0.2) is 0 Å². The number of amides is 1. The molecule has 1 spiro atoms. The van der Waals surface area contributed by atoms with Crippen LogP contribution in [0.3, 0.4) is 0 Å². The van der Waals surface area contributed by atoms with Crippen LogP contribution in [0, 0.1) is 0 Å². The number of fused-ring (bicyclic) bond motifs is 3. The van der Waals surface area contributed by atoms with Crippen molar-refractivity contribution in [3.63, 3.8) is 0 Å². The van der Waals surface area contributed by atoms with E-state index in [1.54, 1.807) is 17.4 Å². The molecule has 0 atom stereocenters. The highest BCUT2D eigenvalue weighted by atomic mass is 32.2. The summed E-state index contributed by atoms with van der Waals surface area (Å²) in [6.45, 7) is 1.19. The van der Waals surface area contributed by atoms with Gasteiger partial charge in [0.25, 0.3) is 5.91 Å². The maximum atomic E-state index is 12.5. The summed E-state index contributed by atoms with van der Waals surface area (Å²) in [5.41, 5.74) is 3.31. The van der Waals surface area contributed by atoms with Gasteiger partial charge < -0.3 is 14.6 Å². The fraction of sp³-hybridized carbons (Fsp3) is 0.143. The van der Waals surface area contributed by atoms with Crippen LogP contribution in [0.2, 0.25) is 0 Å². The standard InChI is InChI=1S/C28H22N2O4S2/c31-24(29-36-25-9-4-16-35-25)13-12-21-7-3-8-23-26(21)30(27(32)28(23)33-14-15-34-28)18-19-10-11-20-5-1-2-6-22(20)17-19/h1-13,16-17H,14-15,18H2,(H,29,31)/p+1/b13-12+. The van der Waals surface area contributed by atoms with Gasteiger partial charge in [0.05, 0.1) is 23.0 Å². The maximum absolute atomic E-state index is 12.5. The number of hydrogen-bond donors (Lipinski definition) is 2. The summed E-state index contributed by atoms with van der Waals surface area (Å²) in [5.74, 6) is -1.55. The van der Waals surface area contributed by atoms with E-state index < -0.39 is 5.79 Å². The highest BCUT2D eigenvalue weighted by Gasteiger charge is 2.59. The number of hydrogen-bond acceptors (Lipinski definition) is 5. The Morgan fingerprint density at radius 2 is 1.89 bits per heavy atom. The number of ether oxygens (including phenoxy) is 2. The van der Waals surface area contributed by atoms with E-state index in [-0.39, 0.29) is 11.8 Å². The van der Waals surface area contributed by atoms with Gasteiger partial charge in [-0.15, -0.1) is 11.3 Å². The first-order valence-corrected chi connectivity index (χ1v) is 13.2. The molecule has 0 saturated carbocycles. The Labute approximate surface area is 216 Å². The molecule has 1 amide bonds. The first-order valence-electron chi connectivity index (χ1n) is 11.6. The molecule has 1 saturated heterocycles. The Bertz CT molecular complexity index is 1510. The zero-order valence-electron chi connectivity index (χ0n) is 19.2. The van der Waals surface area contributed by atoms with Crippen molar-refractivity contribution >= 4 is 57.6 Å². The number of carbonyl (C=O) groups is 1. The highest BCUT2D eigenvalue weighted by molar-refractivity contribution is 7.99. The van der Waals surface area contributed by atoms with Crippen LogP contribution in [0.4, 0.5) is 5.69 Å². The van der Waals surface area contributed by atoms with E-state index in [2.05, 4.69) is 35.1 Å². The molecule has 36 heavy (non-hydrogen) atoms. The molecule has 6 rings (SSSR count). The summed E-state index contributed by atoms with van der Waals surface area (Å²) in [6.07, 6.45) is 3.26. The van der Waals surface area contributed by atoms with Crippen LogP contribution in [0.1, 0.15) is 16.7 Å². The second-order valence-electron chi connectivity index (χ2n) is 8.48. The fourth-order valence-electron chi connectivity index (χ4n) is 4.66. The van der Waals surface area contributed by atoms with Crippen LogP contribution < -0.4 is 4.72 Å². The molecule has 0 radical (unpaired) electrons. The predicted octanol–water partition coefficient (Wildman–Crippen LogP) is 5.75. The van der Waals surface area contributed by atoms with E-state index in [0.29, 0.717) is 19.8 Å². The second kappa shape index (κ2) is 9.55. The van der Waals surface area contributed by atoms with E-state index >= 15 is 0 Å². The second-order valence-corrected chi connectivity index (χ2v) is 10.5. The van der Waals surface area contributed by atoms with Crippen molar-refractivity contribution in [2.75, 3.05) is 13.2 Å². The average Bonchev–Trinajstić information content (AvgIpc) is 3.65. The van der Waals surface area contributed by atoms with Crippen molar-refractivity contribution < 1.29 is 24.0 Å². The molecule has 0 bridgehead atoms. The molecule has 0 aliphatic carbocycles. The molecule has 3 aromatic carbocycles. The Hall–Kier alpha value is -3.43. The Morgan fingerprint density at radius 1 is 1.06 bits per heavy atom. The van der Waals surface area contributed by atoms with Gasteiger partial charge in [-0.1, -0.05) is 48.5 Å². The number of benzene rings is 3. The minimum atomic E-state index is -1.33. The summed E-state index contributed by atoms with van der Waals surface area (Å²) in [6, 6.07) is 24.1. The van der Waals surface area contributed by atoms with Crippen molar-refractivity contribution in [1.29, 1.82) is 0 Å². The number of aliphatic hydroxyl groups excluding tert-OH is 1. The number of carbonyl (C=O) groups excluding carboxylic acids is 1. The molecule has 8 heteroatoms. The molecule has 2 N–H and O–H groups in total. The highest BCUT2D eigenvalue weighted by Crippen LogP contribution is 2.46. The Morgan fingerprint density at radius 3 is 2.69 bits per heavy atom. The Kier molecular flexibility index (Phi) is 6.10. The fourth-order valence-corrected chi connectivity index (χ4v) is 6.01. The van der Waals surface area contributed by atoms with Crippen LogP contribution in [0.25, 0.3) is 16.8 Å². The third-order valence-corrected chi connectivity index (χ3v) is 8.09. The smallest absolute Gasteiger partial charge is 0.407 e. The molecule has 1 aromatic heterocycles. The maximum Gasteiger partial charge on any atom is 0.407 e. The summed E-state index contributed by atoms with van der Waals surface area (Å²) in [5, 5.41) is 15.7. The lowest BCUT2D eigenvalue weighted by molar-refractivity contribution is -0.468. The number of nitrogens with zero attached hydrogens (tertiary/aromatic N) is 1. The summed E-state index contributed by atoms with van der Waals surface area (Å²) in [7, 11) is 0. The lowest BCUT2D eigenvalue weighted by Crippen LogP contribution is -2.36. The number of para-hydroxylation sites is 1. The topological polar surface area (TPSA) is 70.8 Å². The quantitative estimate of drug-likeness (QED) is 0.194. The van der Waals surface area contributed by atoms with Crippen LogP contribution in [-0.4, -0.2) is 34.7 Å². The average molecular weight is 516 g/mol. The van der Waals surface area contributed by atoms with E-state index in [4.69, 9.17) is 9.47 Å². The van der Waals surface area contributed by atoms with Crippen molar-refractivity contribution in [2.45, 2.75) is 16.5 Å². The number of rotatable bonds is 6. The lowest BCUT2D eigenvalue weighted by Gasteiger charge is -2.16. The lowest BCUT2D eigenvalue weighted by atomic mass is 10.0. The molecule has 180 valence electrons. The zero-order valence-corrected chi connectivity index (χ0v) is 20.9. The van der Waals surface area contributed by atoms with Gasteiger partial charge in [-0.2, -0.15) is 4.58 Å². The molecule has 4 aromatic rings. The molecule has 6 nitrogen and oxygen atoms in total. The molecule has 3 heterocycles. The summed E-state index contributed by atoms with van der Waals surface area (Å²) < 4.78 is 17.6. The Balaban J connectivity index is 1.35. The van der Waals surface area contributed by atoms with Crippen LogP contribution in [0.5, 0.6) is 0 Å².